The Hall–Kier alpha value is -2.71. The lowest BCUT2D eigenvalue weighted by molar-refractivity contribution is 0.0697. The molecule has 0 atom stereocenters. The number of carboxylic acid groups (broad SMARTS) is 1. The van der Waals surface area contributed by atoms with Crippen LogP contribution in [0, 0.1) is 16.7 Å². The van der Waals surface area contributed by atoms with Gasteiger partial charge in [-0.2, -0.15) is 5.26 Å². The molecule has 2 saturated heterocycles. The van der Waals surface area contributed by atoms with Gasteiger partial charge in [0.25, 0.3) is 0 Å². The van der Waals surface area contributed by atoms with Crippen molar-refractivity contribution in [3.63, 3.8) is 0 Å². The molecule has 0 aliphatic carbocycles. The number of rotatable bonds is 3. The Morgan fingerprint density at radius 2 is 1.61 bits per heavy atom. The third-order valence-electron chi connectivity index (χ3n) is 6.18. The topological polar surface area (TPSA) is 67.6 Å². The molecule has 0 unspecified atom stereocenters. The molecule has 1 spiro atoms. The zero-order valence-corrected chi connectivity index (χ0v) is 16.3. The summed E-state index contributed by atoms with van der Waals surface area (Å²) in [5.41, 5.74) is 3.34. The molecule has 6 heteroatoms. The number of benzene rings is 2. The standard InChI is InChI=1S/C22H22ClN3O2/c23-20-13-19(6-3-17(20)14-24)26-12-9-22(15-26)7-10-25(11-8-22)18-4-1-16(2-5-18)21(27)28/h1-6,13H,7-12,15H2,(H,27,28). The average molecular weight is 396 g/mol. The van der Waals surface area contributed by atoms with Crippen LogP contribution < -0.4 is 9.80 Å². The van der Waals surface area contributed by atoms with Gasteiger partial charge < -0.3 is 14.9 Å². The quantitative estimate of drug-likeness (QED) is 0.833. The molecule has 2 aromatic carbocycles. The van der Waals surface area contributed by atoms with Gasteiger partial charge in [0, 0.05) is 37.6 Å². The van der Waals surface area contributed by atoms with E-state index in [1.54, 1.807) is 18.2 Å². The number of halogens is 1. The van der Waals surface area contributed by atoms with Crippen molar-refractivity contribution in [2.45, 2.75) is 19.3 Å². The highest BCUT2D eigenvalue weighted by Gasteiger charge is 2.40. The summed E-state index contributed by atoms with van der Waals surface area (Å²) in [6, 6.07) is 15.0. The molecule has 2 aliphatic rings. The molecule has 2 fully saturated rings. The van der Waals surface area contributed by atoms with Gasteiger partial charge in [0.1, 0.15) is 6.07 Å². The molecule has 2 aromatic rings. The Kier molecular flexibility index (Phi) is 4.91. The molecule has 0 saturated carbocycles. The van der Waals surface area contributed by atoms with Crippen molar-refractivity contribution in [3.05, 3.63) is 58.6 Å². The van der Waals surface area contributed by atoms with E-state index >= 15 is 0 Å². The zero-order chi connectivity index (χ0) is 19.7. The van der Waals surface area contributed by atoms with Gasteiger partial charge in [0.15, 0.2) is 0 Å². The van der Waals surface area contributed by atoms with Crippen LogP contribution in [0.25, 0.3) is 0 Å². The van der Waals surface area contributed by atoms with Crippen LogP contribution in [-0.2, 0) is 0 Å². The minimum Gasteiger partial charge on any atom is -0.478 e. The number of anilines is 2. The second-order valence-corrected chi connectivity index (χ2v) is 8.19. The van der Waals surface area contributed by atoms with Gasteiger partial charge in [-0.1, -0.05) is 11.6 Å². The van der Waals surface area contributed by atoms with Crippen molar-refractivity contribution in [1.82, 2.24) is 0 Å². The van der Waals surface area contributed by atoms with E-state index in [1.807, 2.05) is 24.3 Å². The predicted molar refractivity (Wildman–Crippen MR) is 110 cm³/mol. The van der Waals surface area contributed by atoms with Gasteiger partial charge in [-0.05, 0) is 67.1 Å². The van der Waals surface area contributed by atoms with Crippen LogP contribution in [0.15, 0.2) is 42.5 Å². The molecule has 0 bridgehead atoms. The fourth-order valence-corrected chi connectivity index (χ4v) is 4.63. The Morgan fingerprint density at radius 3 is 2.18 bits per heavy atom. The van der Waals surface area contributed by atoms with Crippen LogP contribution in [0.1, 0.15) is 35.2 Å². The fraction of sp³-hybridized carbons (Fsp3) is 0.364. The Balaban J connectivity index is 1.40. The number of nitriles is 1. The van der Waals surface area contributed by atoms with Crippen LogP contribution in [0.3, 0.4) is 0 Å². The molecule has 1 N–H and O–H groups in total. The lowest BCUT2D eigenvalue weighted by Gasteiger charge is -2.40. The van der Waals surface area contributed by atoms with Crippen molar-refractivity contribution in [2.75, 3.05) is 36.0 Å². The van der Waals surface area contributed by atoms with Crippen LogP contribution in [-0.4, -0.2) is 37.3 Å². The van der Waals surface area contributed by atoms with Crippen molar-refractivity contribution >= 4 is 28.9 Å². The molecule has 4 rings (SSSR count). The van der Waals surface area contributed by atoms with Gasteiger partial charge in [0.05, 0.1) is 16.1 Å². The summed E-state index contributed by atoms with van der Waals surface area (Å²) in [5, 5.41) is 18.6. The van der Waals surface area contributed by atoms with Crippen molar-refractivity contribution < 1.29 is 9.90 Å². The normalized spacial score (nSPS) is 18.3. The number of hydrogen-bond acceptors (Lipinski definition) is 4. The van der Waals surface area contributed by atoms with Crippen molar-refractivity contribution in [3.8, 4) is 6.07 Å². The van der Waals surface area contributed by atoms with E-state index in [0.29, 0.717) is 21.6 Å². The van der Waals surface area contributed by atoms with E-state index in [2.05, 4.69) is 15.9 Å². The molecular formula is C22H22ClN3O2. The maximum Gasteiger partial charge on any atom is 0.335 e. The Labute approximate surface area is 169 Å². The third kappa shape index (κ3) is 3.53. The highest BCUT2D eigenvalue weighted by molar-refractivity contribution is 6.32. The van der Waals surface area contributed by atoms with Crippen molar-refractivity contribution in [1.29, 1.82) is 5.26 Å². The summed E-state index contributed by atoms with van der Waals surface area (Å²) in [6.45, 7) is 3.99. The van der Waals surface area contributed by atoms with Crippen molar-refractivity contribution in [2.24, 2.45) is 5.41 Å². The summed E-state index contributed by atoms with van der Waals surface area (Å²) in [6.07, 6.45) is 3.40. The Bertz CT molecular complexity index is 928. The van der Waals surface area contributed by atoms with Gasteiger partial charge >= 0.3 is 5.97 Å². The van der Waals surface area contributed by atoms with Gasteiger partial charge in [0.2, 0.25) is 0 Å². The van der Waals surface area contributed by atoms with E-state index in [0.717, 1.165) is 56.8 Å². The first-order chi connectivity index (χ1) is 13.5. The van der Waals surface area contributed by atoms with Gasteiger partial charge in [-0.15, -0.1) is 0 Å². The summed E-state index contributed by atoms with van der Waals surface area (Å²) >= 11 is 6.21. The summed E-state index contributed by atoms with van der Waals surface area (Å²) < 4.78 is 0. The lowest BCUT2D eigenvalue weighted by atomic mass is 9.77. The molecule has 0 radical (unpaired) electrons. The molecule has 0 aromatic heterocycles. The minimum absolute atomic E-state index is 0.317. The van der Waals surface area contributed by atoms with Crippen LogP contribution >= 0.6 is 11.6 Å². The molecular weight excluding hydrogens is 374 g/mol. The average Bonchev–Trinajstić information content (AvgIpc) is 3.12. The number of piperidine rings is 1. The maximum absolute atomic E-state index is 11.0. The molecule has 2 heterocycles. The largest absolute Gasteiger partial charge is 0.478 e. The maximum atomic E-state index is 11.0. The fourth-order valence-electron chi connectivity index (χ4n) is 4.41. The highest BCUT2D eigenvalue weighted by atomic mass is 35.5. The van der Waals surface area contributed by atoms with E-state index in [4.69, 9.17) is 22.0 Å². The lowest BCUT2D eigenvalue weighted by Crippen LogP contribution is -2.41. The first-order valence-electron chi connectivity index (χ1n) is 9.53. The number of aromatic carboxylic acids is 1. The van der Waals surface area contributed by atoms with Gasteiger partial charge in [-0.25, -0.2) is 4.79 Å². The number of carbonyl (C=O) groups is 1. The van der Waals surface area contributed by atoms with Crippen LogP contribution in [0.2, 0.25) is 5.02 Å². The summed E-state index contributed by atoms with van der Waals surface area (Å²) in [4.78, 5) is 15.7. The first kappa shape index (κ1) is 18.6. The third-order valence-corrected chi connectivity index (χ3v) is 6.49. The molecule has 2 aliphatic heterocycles. The second-order valence-electron chi connectivity index (χ2n) is 7.79. The SMILES string of the molecule is N#Cc1ccc(N2CCC3(CCN(c4ccc(C(=O)O)cc4)CC3)C2)cc1Cl. The first-order valence-corrected chi connectivity index (χ1v) is 9.90. The monoisotopic (exact) mass is 395 g/mol. The minimum atomic E-state index is -0.891. The summed E-state index contributed by atoms with van der Waals surface area (Å²) in [5.74, 6) is -0.891. The second kappa shape index (κ2) is 7.37. The van der Waals surface area contributed by atoms with Gasteiger partial charge in [-0.3, -0.25) is 0 Å². The molecule has 144 valence electrons. The van der Waals surface area contributed by atoms with E-state index in [9.17, 15) is 4.79 Å². The predicted octanol–water partition coefficient (Wildman–Crippen LogP) is 4.41. The smallest absolute Gasteiger partial charge is 0.335 e. The number of carboxylic acids is 1. The van der Waals surface area contributed by atoms with E-state index < -0.39 is 5.97 Å². The van der Waals surface area contributed by atoms with Crippen LogP contribution in [0.5, 0.6) is 0 Å². The Morgan fingerprint density at radius 1 is 1.00 bits per heavy atom. The molecule has 28 heavy (non-hydrogen) atoms. The molecule has 5 nitrogen and oxygen atoms in total. The number of hydrogen-bond donors (Lipinski definition) is 1. The number of nitrogens with zero attached hydrogens (tertiary/aromatic N) is 3. The summed E-state index contributed by atoms with van der Waals surface area (Å²) in [7, 11) is 0. The van der Waals surface area contributed by atoms with E-state index in [-0.39, 0.29) is 0 Å². The highest BCUT2D eigenvalue weighted by Crippen LogP contribution is 2.43. The van der Waals surface area contributed by atoms with Crippen LogP contribution in [0.4, 0.5) is 11.4 Å². The molecule has 0 amide bonds. The van der Waals surface area contributed by atoms with E-state index in [1.165, 1.54) is 0 Å². The zero-order valence-electron chi connectivity index (χ0n) is 15.6.